The summed E-state index contributed by atoms with van der Waals surface area (Å²) in [5, 5.41) is 3.30. The lowest BCUT2D eigenvalue weighted by Crippen LogP contribution is -2.31. The Balaban J connectivity index is 2.62. The van der Waals surface area contributed by atoms with Gasteiger partial charge in [-0.15, -0.1) is 0 Å². The number of rotatable bonds is 8. The van der Waals surface area contributed by atoms with Gasteiger partial charge < -0.3 is 10.2 Å². The van der Waals surface area contributed by atoms with Crippen LogP contribution in [0.15, 0.2) is 29.2 Å². The fraction of sp³-hybridized carbons (Fsp3) is 0.571. The first-order valence-electron chi connectivity index (χ1n) is 6.79. The van der Waals surface area contributed by atoms with Gasteiger partial charge in [0.15, 0.2) is 0 Å². The van der Waals surface area contributed by atoms with Gasteiger partial charge in [0.05, 0.1) is 4.90 Å². The van der Waals surface area contributed by atoms with Gasteiger partial charge in [0.1, 0.15) is 0 Å². The van der Waals surface area contributed by atoms with Crippen molar-refractivity contribution in [1.29, 1.82) is 0 Å². The Bertz CT molecular complexity index is 530. The van der Waals surface area contributed by atoms with Gasteiger partial charge in [0, 0.05) is 25.8 Å². The van der Waals surface area contributed by atoms with Gasteiger partial charge in [-0.2, -0.15) is 8.78 Å². The van der Waals surface area contributed by atoms with Gasteiger partial charge in [-0.3, -0.25) is 0 Å². The SMILES string of the molecule is CC(C)CNCCN(C)c1ccc(S(=O)(=O)C(F)F)cc1. The molecule has 0 amide bonds. The fourth-order valence-electron chi connectivity index (χ4n) is 1.76. The van der Waals surface area contributed by atoms with Gasteiger partial charge >= 0.3 is 5.76 Å². The third-order valence-electron chi connectivity index (χ3n) is 3.02. The van der Waals surface area contributed by atoms with E-state index in [9.17, 15) is 17.2 Å². The van der Waals surface area contributed by atoms with Crippen LogP contribution in [0.2, 0.25) is 0 Å². The Hall–Kier alpha value is -1.21. The lowest BCUT2D eigenvalue weighted by molar-refractivity contribution is 0.234. The summed E-state index contributed by atoms with van der Waals surface area (Å²) in [5.41, 5.74) is 0.787. The van der Waals surface area contributed by atoms with E-state index in [0.29, 0.717) is 5.92 Å². The van der Waals surface area contributed by atoms with Crippen molar-refractivity contribution in [2.45, 2.75) is 24.5 Å². The number of nitrogens with zero attached hydrogens (tertiary/aromatic N) is 1. The maximum Gasteiger partial charge on any atom is 0.341 e. The highest BCUT2D eigenvalue weighted by Crippen LogP contribution is 2.21. The summed E-state index contributed by atoms with van der Waals surface area (Å²) >= 11 is 0. The summed E-state index contributed by atoms with van der Waals surface area (Å²) in [7, 11) is -2.65. The molecule has 21 heavy (non-hydrogen) atoms. The normalized spacial score (nSPS) is 12.1. The number of anilines is 1. The van der Waals surface area contributed by atoms with Crippen molar-refractivity contribution in [3.63, 3.8) is 0 Å². The van der Waals surface area contributed by atoms with Crippen molar-refractivity contribution in [2.75, 3.05) is 31.6 Å². The molecule has 0 bridgehead atoms. The minimum Gasteiger partial charge on any atom is -0.373 e. The van der Waals surface area contributed by atoms with E-state index in [4.69, 9.17) is 0 Å². The molecule has 0 saturated carbocycles. The maximum atomic E-state index is 12.4. The van der Waals surface area contributed by atoms with Crippen molar-refractivity contribution in [3.8, 4) is 0 Å². The molecule has 0 spiro atoms. The minimum atomic E-state index is -4.51. The Morgan fingerprint density at radius 2 is 1.76 bits per heavy atom. The van der Waals surface area contributed by atoms with E-state index in [-0.39, 0.29) is 4.90 Å². The number of alkyl halides is 2. The van der Waals surface area contributed by atoms with Crippen LogP contribution in [-0.4, -0.2) is 40.9 Å². The molecule has 0 heterocycles. The number of likely N-dealkylation sites (N-methyl/N-ethyl adjacent to an activating group) is 1. The number of hydrogen-bond acceptors (Lipinski definition) is 4. The summed E-state index contributed by atoms with van der Waals surface area (Å²) in [6.45, 7) is 6.72. The molecule has 0 aliphatic carbocycles. The number of hydrogen-bond donors (Lipinski definition) is 1. The van der Waals surface area contributed by atoms with Crippen LogP contribution in [0.5, 0.6) is 0 Å². The Labute approximate surface area is 125 Å². The predicted molar refractivity (Wildman–Crippen MR) is 80.6 cm³/mol. The highest BCUT2D eigenvalue weighted by atomic mass is 32.2. The number of nitrogens with one attached hydrogen (secondary N) is 1. The van der Waals surface area contributed by atoms with Gasteiger partial charge in [-0.25, -0.2) is 8.42 Å². The molecule has 0 radical (unpaired) electrons. The molecular formula is C14H22F2N2O2S. The number of sulfone groups is 1. The molecule has 1 aromatic rings. The van der Waals surface area contributed by atoms with Gasteiger partial charge in [0.25, 0.3) is 0 Å². The fourth-order valence-corrected chi connectivity index (χ4v) is 2.48. The molecule has 0 unspecified atom stereocenters. The topological polar surface area (TPSA) is 49.4 Å². The van der Waals surface area contributed by atoms with Crippen LogP contribution in [0.1, 0.15) is 13.8 Å². The smallest absolute Gasteiger partial charge is 0.341 e. The molecule has 0 saturated heterocycles. The molecule has 1 aromatic carbocycles. The first kappa shape index (κ1) is 17.8. The third-order valence-corrected chi connectivity index (χ3v) is 4.42. The van der Waals surface area contributed by atoms with Crippen LogP contribution in [0.25, 0.3) is 0 Å². The summed E-state index contributed by atoms with van der Waals surface area (Å²) < 4.78 is 47.5. The number of benzene rings is 1. The van der Waals surface area contributed by atoms with E-state index >= 15 is 0 Å². The van der Waals surface area contributed by atoms with Crippen LogP contribution in [0, 0.1) is 5.92 Å². The minimum absolute atomic E-state index is 0.354. The second kappa shape index (κ2) is 7.70. The third kappa shape index (κ3) is 5.24. The molecule has 120 valence electrons. The number of halogens is 2. The highest BCUT2D eigenvalue weighted by molar-refractivity contribution is 7.91. The standard InChI is InChI=1S/C14H22F2N2O2S/c1-11(2)10-17-8-9-18(3)12-4-6-13(7-5-12)21(19,20)14(15)16/h4-7,11,14,17H,8-10H2,1-3H3. The second-order valence-corrected chi connectivity index (χ2v) is 7.24. The van der Waals surface area contributed by atoms with Crippen LogP contribution in [0.3, 0.4) is 0 Å². The summed E-state index contributed by atoms with van der Waals surface area (Å²) in [4.78, 5) is 1.58. The van der Waals surface area contributed by atoms with Crippen molar-refractivity contribution in [2.24, 2.45) is 5.92 Å². The molecular weight excluding hydrogens is 298 g/mol. The molecule has 0 aliphatic heterocycles. The Morgan fingerprint density at radius 3 is 2.24 bits per heavy atom. The van der Waals surface area contributed by atoms with Crippen LogP contribution < -0.4 is 10.2 Å². The molecule has 0 aliphatic rings. The van der Waals surface area contributed by atoms with E-state index in [0.717, 1.165) is 25.3 Å². The average molecular weight is 320 g/mol. The zero-order valence-corrected chi connectivity index (χ0v) is 13.3. The van der Waals surface area contributed by atoms with E-state index in [1.54, 1.807) is 0 Å². The van der Waals surface area contributed by atoms with Crippen LogP contribution in [0.4, 0.5) is 14.5 Å². The molecule has 0 aromatic heterocycles. The molecule has 4 nitrogen and oxygen atoms in total. The van der Waals surface area contributed by atoms with Crippen LogP contribution >= 0.6 is 0 Å². The summed E-state index contributed by atoms with van der Waals surface area (Å²) in [6.07, 6.45) is 0. The zero-order valence-electron chi connectivity index (χ0n) is 12.5. The summed E-state index contributed by atoms with van der Waals surface area (Å²) in [5.74, 6) is -2.81. The van der Waals surface area contributed by atoms with E-state index in [2.05, 4.69) is 19.2 Å². The second-order valence-electron chi connectivity index (χ2n) is 5.32. The van der Waals surface area contributed by atoms with Crippen molar-refractivity contribution < 1.29 is 17.2 Å². The first-order chi connectivity index (χ1) is 9.75. The lowest BCUT2D eigenvalue weighted by atomic mass is 10.2. The molecule has 0 fully saturated rings. The lowest BCUT2D eigenvalue weighted by Gasteiger charge is -2.20. The highest BCUT2D eigenvalue weighted by Gasteiger charge is 2.26. The first-order valence-corrected chi connectivity index (χ1v) is 8.33. The quantitative estimate of drug-likeness (QED) is 0.747. The van der Waals surface area contributed by atoms with Crippen molar-refractivity contribution in [3.05, 3.63) is 24.3 Å². The van der Waals surface area contributed by atoms with Crippen molar-refractivity contribution >= 4 is 15.5 Å². The van der Waals surface area contributed by atoms with Gasteiger partial charge in [0.2, 0.25) is 9.84 Å². The van der Waals surface area contributed by atoms with Crippen LogP contribution in [-0.2, 0) is 9.84 Å². The summed E-state index contributed by atoms with van der Waals surface area (Å²) in [6, 6.07) is 5.51. The average Bonchev–Trinajstić information content (AvgIpc) is 2.43. The predicted octanol–water partition coefficient (Wildman–Crippen LogP) is 2.36. The van der Waals surface area contributed by atoms with Gasteiger partial charge in [-0.05, 0) is 36.7 Å². The van der Waals surface area contributed by atoms with Gasteiger partial charge in [-0.1, -0.05) is 13.8 Å². The van der Waals surface area contributed by atoms with E-state index in [1.807, 2.05) is 11.9 Å². The Morgan fingerprint density at radius 1 is 1.19 bits per heavy atom. The largest absolute Gasteiger partial charge is 0.373 e. The zero-order chi connectivity index (χ0) is 16.0. The molecule has 1 N–H and O–H groups in total. The Kier molecular flexibility index (Phi) is 6.54. The van der Waals surface area contributed by atoms with E-state index < -0.39 is 15.6 Å². The molecule has 1 rings (SSSR count). The molecule has 0 atom stereocenters. The monoisotopic (exact) mass is 320 g/mol. The molecule has 7 heteroatoms. The van der Waals surface area contributed by atoms with E-state index in [1.165, 1.54) is 24.3 Å². The van der Waals surface area contributed by atoms with Crippen molar-refractivity contribution in [1.82, 2.24) is 5.32 Å². The maximum absolute atomic E-state index is 12.4.